The fourth-order valence-electron chi connectivity index (χ4n) is 5.20. The van der Waals surface area contributed by atoms with Gasteiger partial charge in [-0.2, -0.15) is 0 Å². The maximum Gasteiger partial charge on any atom is 0.217 e. The zero-order valence-corrected chi connectivity index (χ0v) is 23.3. The highest BCUT2D eigenvalue weighted by molar-refractivity contribution is 5.73. The van der Waals surface area contributed by atoms with Crippen molar-refractivity contribution in [2.75, 3.05) is 6.61 Å². The number of hydrogen-bond donors (Lipinski definition) is 1. The summed E-state index contributed by atoms with van der Waals surface area (Å²) in [5.74, 6) is -0.159. The number of carbonyl (C=O) groups excluding carboxylic acids is 1. The fraction of sp³-hybridized carbons (Fsp3) is 0.286. The van der Waals surface area contributed by atoms with E-state index in [-0.39, 0.29) is 5.91 Å². The summed E-state index contributed by atoms with van der Waals surface area (Å²) in [6, 6.07) is 39.6. The van der Waals surface area contributed by atoms with E-state index >= 15 is 0 Å². The zero-order valence-electron chi connectivity index (χ0n) is 23.3. The lowest BCUT2D eigenvalue weighted by atomic mass is 9.88. The first-order valence-electron chi connectivity index (χ1n) is 14.1. The number of hydrogen-bond acceptors (Lipinski definition) is 5. The van der Waals surface area contributed by atoms with Crippen molar-refractivity contribution >= 4 is 5.91 Å². The van der Waals surface area contributed by atoms with Gasteiger partial charge in [-0.15, -0.1) is 0 Å². The molecule has 5 atom stereocenters. The Balaban J connectivity index is 1.46. The van der Waals surface area contributed by atoms with Crippen LogP contribution in [0.15, 0.2) is 121 Å². The van der Waals surface area contributed by atoms with Gasteiger partial charge in [0.2, 0.25) is 5.91 Å². The predicted molar refractivity (Wildman–Crippen MR) is 158 cm³/mol. The van der Waals surface area contributed by atoms with Crippen molar-refractivity contribution < 1.29 is 23.7 Å². The van der Waals surface area contributed by atoms with E-state index in [2.05, 4.69) is 5.32 Å². The number of rotatable bonds is 12. The molecule has 1 fully saturated rings. The molecule has 6 nitrogen and oxygen atoms in total. The van der Waals surface area contributed by atoms with E-state index < -0.39 is 30.5 Å². The summed E-state index contributed by atoms with van der Waals surface area (Å²) in [5.41, 5.74) is 4.11. The van der Waals surface area contributed by atoms with Gasteiger partial charge in [-0.3, -0.25) is 4.79 Å². The number of carbonyl (C=O) groups is 1. The number of benzene rings is 4. The Labute approximate surface area is 242 Å². The molecular weight excluding hydrogens is 514 g/mol. The molecule has 0 saturated carbocycles. The normalized spacial score (nSPS) is 22.2. The van der Waals surface area contributed by atoms with E-state index in [1.165, 1.54) is 6.92 Å². The summed E-state index contributed by atoms with van der Waals surface area (Å²) >= 11 is 0. The fourth-order valence-corrected chi connectivity index (χ4v) is 5.20. The van der Waals surface area contributed by atoms with E-state index in [9.17, 15) is 4.79 Å². The van der Waals surface area contributed by atoms with Gasteiger partial charge >= 0.3 is 0 Å². The molecule has 1 N–H and O–H groups in total. The molecule has 1 heterocycles. The van der Waals surface area contributed by atoms with Crippen molar-refractivity contribution in [1.29, 1.82) is 0 Å². The van der Waals surface area contributed by atoms with Crippen molar-refractivity contribution in [2.45, 2.75) is 57.2 Å². The Morgan fingerprint density at radius 1 is 0.659 bits per heavy atom. The van der Waals surface area contributed by atoms with Gasteiger partial charge in [0, 0.05) is 6.92 Å². The Morgan fingerprint density at radius 3 is 1.63 bits per heavy atom. The van der Waals surface area contributed by atoms with E-state index in [1.807, 2.05) is 121 Å². The minimum atomic E-state index is -0.508. The molecule has 0 aromatic heterocycles. The van der Waals surface area contributed by atoms with Gasteiger partial charge < -0.3 is 24.3 Å². The third kappa shape index (κ3) is 8.12. The average Bonchev–Trinajstić information content (AvgIpc) is 3.01. The first-order valence-corrected chi connectivity index (χ1v) is 14.1. The van der Waals surface area contributed by atoms with Gasteiger partial charge in [-0.25, -0.2) is 0 Å². The van der Waals surface area contributed by atoms with E-state index in [4.69, 9.17) is 18.9 Å². The first kappa shape index (κ1) is 28.7. The third-order valence-electron chi connectivity index (χ3n) is 7.15. The molecule has 1 aliphatic heterocycles. The van der Waals surface area contributed by atoms with E-state index in [0.29, 0.717) is 26.4 Å². The quantitative estimate of drug-likeness (QED) is 0.233. The van der Waals surface area contributed by atoms with Gasteiger partial charge in [0.05, 0.1) is 32.5 Å². The first-order chi connectivity index (χ1) is 20.2. The summed E-state index contributed by atoms with van der Waals surface area (Å²) < 4.78 is 26.2. The Hall–Kier alpha value is -3.81. The summed E-state index contributed by atoms with van der Waals surface area (Å²) in [7, 11) is 0. The highest BCUT2D eigenvalue weighted by atomic mass is 16.6. The topological polar surface area (TPSA) is 66.0 Å². The molecule has 4 aromatic carbocycles. The second kappa shape index (κ2) is 14.7. The van der Waals surface area contributed by atoms with Crippen molar-refractivity contribution in [3.8, 4) is 0 Å². The molecule has 0 aliphatic carbocycles. The summed E-state index contributed by atoms with van der Waals surface area (Å²) in [5, 5.41) is 3.14. The lowest BCUT2D eigenvalue weighted by molar-refractivity contribution is -0.234. The highest BCUT2D eigenvalue weighted by Crippen LogP contribution is 2.36. The van der Waals surface area contributed by atoms with Crippen LogP contribution in [-0.4, -0.2) is 36.9 Å². The second-order valence-electron chi connectivity index (χ2n) is 10.3. The minimum absolute atomic E-state index is 0.159. The van der Waals surface area contributed by atoms with Crippen LogP contribution in [0.5, 0.6) is 0 Å². The van der Waals surface area contributed by atoms with E-state index in [1.54, 1.807) is 0 Å². The van der Waals surface area contributed by atoms with Gasteiger partial charge in [-0.1, -0.05) is 121 Å². The van der Waals surface area contributed by atoms with Gasteiger partial charge in [0.1, 0.15) is 24.4 Å². The third-order valence-corrected chi connectivity index (χ3v) is 7.15. The van der Waals surface area contributed by atoms with Crippen LogP contribution in [0, 0.1) is 0 Å². The standard InChI is InChI=1S/C35H37NO5/c1-26(37)36-32-33(30-20-12-5-13-21-30)41-31(25-38-22-27-14-6-2-7-15-27)34(39-23-28-16-8-3-9-17-28)35(32)40-24-29-18-10-4-11-19-29/h2-21,31-35H,22-25H2,1H3,(H,36,37)/t31-,32+,33-,34-,35-/m1/s1. The lowest BCUT2D eigenvalue weighted by Crippen LogP contribution is -2.62. The highest BCUT2D eigenvalue weighted by Gasteiger charge is 2.48. The predicted octanol–water partition coefficient (Wildman–Crippen LogP) is 6.02. The van der Waals surface area contributed by atoms with Gasteiger partial charge in [0.25, 0.3) is 0 Å². The molecule has 0 spiro atoms. The molecule has 1 saturated heterocycles. The molecule has 6 heteroatoms. The molecule has 1 amide bonds. The lowest BCUT2D eigenvalue weighted by Gasteiger charge is -2.47. The molecule has 212 valence electrons. The minimum Gasteiger partial charge on any atom is -0.374 e. The van der Waals surface area contributed by atoms with Crippen molar-refractivity contribution in [3.05, 3.63) is 144 Å². The maximum atomic E-state index is 12.5. The number of amides is 1. The summed E-state index contributed by atoms with van der Waals surface area (Å²) in [6.45, 7) is 3.01. The van der Waals surface area contributed by atoms with Crippen LogP contribution in [0.25, 0.3) is 0 Å². The van der Waals surface area contributed by atoms with Crippen LogP contribution in [0.1, 0.15) is 35.3 Å². The Morgan fingerprint density at radius 2 is 1.12 bits per heavy atom. The smallest absolute Gasteiger partial charge is 0.217 e. The Bertz CT molecular complexity index is 1320. The second-order valence-corrected chi connectivity index (χ2v) is 10.3. The van der Waals surface area contributed by atoms with Gasteiger partial charge in [0.15, 0.2) is 0 Å². The van der Waals surface area contributed by atoms with Crippen LogP contribution in [0.2, 0.25) is 0 Å². The molecule has 0 unspecified atom stereocenters. The van der Waals surface area contributed by atoms with Gasteiger partial charge in [-0.05, 0) is 22.3 Å². The van der Waals surface area contributed by atoms with Crippen LogP contribution in [0.4, 0.5) is 0 Å². The van der Waals surface area contributed by atoms with Crippen molar-refractivity contribution in [1.82, 2.24) is 5.32 Å². The zero-order chi connectivity index (χ0) is 28.3. The van der Waals surface area contributed by atoms with E-state index in [0.717, 1.165) is 22.3 Å². The average molecular weight is 552 g/mol. The van der Waals surface area contributed by atoms with Crippen molar-refractivity contribution in [3.63, 3.8) is 0 Å². The van der Waals surface area contributed by atoms with Crippen LogP contribution < -0.4 is 5.32 Å². The molecular formula is C35H37NO5. The summed E-state index contributed by atoms with van der Waals surface area (Å²) in [6.07, 6.45) is -1.92. The molecule has 5 rings (SSSR count). The Kier molecular flexibility index (Phi) is 10.3. The number of ether oxygens (including phenoxy) is 4. The molecule has 1 aliphatic rings. The summed E-state index contributed by atoms with van der Waals surface area (Å²) in [4.78, 5) is 12.5. The maximum absolute atomic E-state index is 12.5. The van der Waals surface area contributed by atoms with Crippen LogP contribution in [-0.2, 0) is 43.6 Å². The molecule has 4 aromatic rings. The SMILES string of the molecule is CC(=O)N[C@@H]1[C@@H](OCc2ccccc2)[C@H](OCc2ccccc2)[C@@H](COCc2ccccc2)O[C@@H]1c1ccccc1. The van der Waals surface area contributed by atoms with Crippen molar-refractivity contribution in [2.24, 2.45) is 0 Å². The monoisotopic (exact) mass is 551 g/mol. The van der Waals surface area contributed by atoms with Crippen LogP contribution >= 0.6 is 0 Å². The largest absolute Gasteiger partial charge is 0.374 e. The van der Waals surface area contributed by atoms with Crippen LogP contribution in [0.3, 0.4) is 0 Å². The number of nitrogens with one attached hydrogen (secondary N) is 1. The molecule has 41 heavy (non-hydrogen) atoms. The molecule has 0 bridgehead atoms. The molecule has 0 radical (unpaired) electrons.